The number of aromatic hydroxyl groups is 1. The first-order chi connectivity index (χ1) is 26.5. The molecule has 0 radical (unpaired) electrons. The number of ketones is 1. The van der Waals surface area contributed by atoms with Gasteiger partial charge in [0.2, 0.25) is 0 Å². The average Bonchev–Trinajstić information content (AvgIpc) is 3.20. The Kier molecular flexibility index (Phi) is 13.2. The quantitative estimate of drug-likeness (QED) is 0.0723. The molecule has 1 N–H and O–H groups in total. The first-order valence-corrected chi connectivity index (χ1v) is 18.1. The van der Waals surface area contributed by atoms with Crippen LogP contribution in [-0.2, 0) is 6.42 Å². The fraction of sp³-hybridized carbons (Fsp3) is 0.326. The predicted octanol–water partition coefficient (Wildman–Crippen LogP) is 9.85. The van der Waals surface area contributed by atoms with Crippen molar-refractivity contribution in [3.63, 3.8) is 0 Å². The third kappa shape index (κ3) is 8.62. The summed E-state index contributed by atoms with van der Waals surface area (Å²) in [5.74, 6) is 2.30. The standard InChI is InChI=1S/C46H52O9/c1-27(2)11-17-34-38(51-6)20-19-35(45(34)47)46(48)43-36(33-18-16-32(50-5)26-40(33)53-8)21-28(3)22-37(43)44-41(54-9)23-29(24-42(44)55-10)12-13-30-14-15-31(49-4)25-39(30)52-7/h11-16,18-20,22-26,36-37,43,47H,17,21H2,1-10H3/b13-12+/t36-,37-,43?/m0/s1. The number of rotatable bonds is 15. The van der Waals surface area contributed by atoms with Gasteiger partial charge in [-0.2, -0.15) is 0 Å². The molecule has 0 saturated carbocycles. The summed E-state index contributed by atoms with van der Waals surface area (Å²) in [6, 6.07) is 18.6. The van der Waals surface area contributed by atoms with Gasteiger partial charge in [-0.3, -0.25) is 4.79 Å². The van der Waals surface area contributed by atoms with Gasteiger partial charge in [-0.25, -0.2) is 0 Å². The van der Waals surface area contributed by atoms with Gasteiger partial charge >= 0.3 is 0 Å². The van der Waals surface area contributed by atoms with Gasteiger partial charge in [0.15, 0.2) is 5.78 Å². The number of hydrogen-bond acceptors (Lipinski definition) is 9. The summed E-state index contributed by atoms with van der Waals surface area (Å²) in [4.78, 5) is 15.3. The smallest absolute Gasteiger partial charge is 0.171 e. The van der Waals surface area contributed by atoms with E-state index in [-0.39, 0.29) is 23.0 Å². The van der Waals surface area contributed by atoms with Crippen LogP contribution < -0.4 is 33.2 Å². The molecule has 9 nitrogen and oxygen atoms in total. The molecule has 0 spiro atoms. The second-order valence-corrected chi connectivity index (χ2v) is 13.8. The van der Waals surface area contributed by atoms with Crippen molar-refractivity contribution in [2.75, 3.05) is 49.8 Å². The fourth-order valence-electron chi connectivity index (χ4n) is 7.46. The molecule has 9 heteroatoms. The maximum Gasteiger partial charge on any atom is 0.171 e. The number of hydrogen-bond donors (Lipinski definition) is 1. The largest absolute Gasteiger partial charge is 0.507 e. The molecule has 290 valence electrons. The summed E-state index contributed by atoms with van der Waals surface area (Å²) in [6.07, 6.45) is 9.01. The molecule has 4 aromatic rings. The molecule has 0 amide bonds. The van der Waals surface area contributed by atoms with Crippen LogP contribution >= 0.6 is 0 Å². The number of ether oxygens (including phenoxy) is 7. The lowest BCUT2D eigenvalue weighted by atomic mass is 9.65. The van der Waals surface area contributed by atoms with E-state index in [0.717, 1.165) is 33.4 Å². The zero-order valence-electron chi connectivity index (χ0n) is 33.4. The number of allylic oxidation sites excluding steroid dienone is 4. The molecule has 0 fully saturated rings. The molecule has 1 aliphatic rings. The van der Waals surface area contributed by atoms with E-state index in [1.54, 1.807) is 61.9 Å². The molecule has 0 heterocycles. The lowest BCUT2D eigenvalue weighted by Gasteiger charge is -2.38. The van der Waals surface area contributed by atoms with E-state index < -0.39 is 11.8 Å². The van der Waals surface area contributed by atoms with Crippen LogP contribution in [0.25, 0.3) is 12.2 Å². The van der Waals surface area contributed by atoms with Crippen molar-refractivity contribution in [2.24, 2.45) is 5.92 Å². The van der Waals surface area contributed by atoms with E-state index >= 15 is 4.79 Å². The Labute approximate surface area is 324 Å². The highest BCUT2D eigenvalue weighted by Crippen LogP contribution is 2.53. The Bertz CT molecular complexity index is 2080. The van der Waals surface area contributed by atoms with E-state index in [4.69, 9.17) is 33.2 Å². The number of phenolic OH excluding ortho intramolecular Hbond substituents is 1. The van der Waals surface area contributed by atoms with Crippen molar-refractivity contribution in [1.29, 1.82) is 0 Å². The van der Waals surface area contributed by atoms with Gasteiger partial charge in [0.25, 0.3) is 0 Å². The van der Waals surface area contributed by atoms with Crippen molar-refractivity contribution < 1.29 is 43.1 Å². The lowest BCUT2D eigenvalue weighted by molar-refractivity contribution is 0.0876. The highest BCUT2D eigenvalue weighted by molar-refractivity contribution is 6.02. The lowest BCUT2D eigenvalue weighted by Crippen LogP contribution is -2.32. The van der Waals surface area contributed by atoms with Gasteiger partial charge in [-0.15, -0.1) is 0 Å². The third-order valence-corrected chi connectivity index (χ3v) is 10.2. The second kappa shape index (κ2) is 18.0. The Balaban J connectivity index is 1.72. The monoisotopic (exact) mass is 748 g/mol. The fourth-order valence-corrected chi connectivity index (χ4v) is 7.46. The second-order valence-electron chi connectivity index (χ2n) is 13.8. The molecule has 55 heavy (non-hydrogen) atoms. The Hall–Kier alpha value is -5.83. The van der Waals surface area contributed by atoms with Crippen LogP contribution in [0.4, 0.5) is 0 Å². The summed E-state index contributed by atoms with van der Waals surface area (Å²) in [5.41, 5.74) is 6.18. The maximum absolute atomic E-state index is 15.3. The van der Waals surface area contributed by atoms with Gasteiger partial charge in [-0.1, -0.05) is 41.5 Å². The number of Topliss-reactive ketones (excluding diaryl/α,β-unsaturated/α-hetero) is 1. The van der Waals surface area contributed by atoms with Crippen LogP contribution in [0.2, 0.25) is 0 Å². The van der Waals surface area contributed by atoms with E-state index in [2.05, 4.69) is 13.0 Å². The molecule has 4 aromatic carbocycles. The van der Waals surface area contributed by atoms with Crippen molar-refractivity contribution in [1.82, 2.24) is 0 Å². The Morgan fingerprint density at radius 3 is 1.89 bits per heavy atom. The predicted molar refractivity (Wildman–Crippen MR) is 217 cm³/mol. The summed E-state index contributed by atoms with van der Waals surface area (Å²) >= 11 is 0. The van der Waals surface area contributed by atoms with Crippen LogP contribution in [0.5, 0.6) is 46.0 Å². The van der Waals surface area contributed by atoms with Crippen molar-refractivity contribution in [3.05, 3.63) is 117 Å². The zero-order valence-corrected chi connectivity index (χ0v) is 33.4. The zero-order chi connectivity index (χ0) is 39.8. The minimum atomic E-state index is -0.714. The van der Waals surface area contributed by atoms with Crippen LogP contribution in [0.3, 0.4) is 0 Å². The first kappa shape index (κ1) is 40.4. The van der Waals surface area contributed by atoms with Gasteiger partial charge < -0.3 is 38.3 Å². The SMILES string of the molecule is COc1ccc(/C=C/c2cc(OC)c([C@H]3C=C(C)C[C@@H](c4ccc(OC)cc4OC)C3C(=O)c3ccc(OC)c(CC=C(C)C)c3O)c(OC)c2)c(OC)c1. The Morgan fingerprint density at radius 1 is 0.709 bits per heavy atom. The van der Waals surface area contributed by atoms with E-state index in [0.29, 0.717) is 58.7 Å². The normalized spacial score (nSPS) is 16.5. The molecule has 0 saturated heterocycles. The molecule has 0 aliphatic heterocycles. The molecular formula is C46H52O9. The summed E-state index contributed by atoms with van der Waals surface area (Å²) in [7, 11) is 11.2. The van der Waals surface area contributed by atoms with Crippen molar-refractivity contribution >= 4 is 17.9 Å². The molecule has 0 aromatic heterocycles. The molecule has 5 rings (SSSR count). The summed E-state index contributed by atoms with van der Waals surface area (Å²) < 4.78 is 40.3. The highest BCUT2D eigenvalue weighted by Gasteiger charge is 2.43. The molecule has 1 aliphatic carbocycles. The maximum atomic E-state index is 15.3. The summed E-state index contributed by atoms with van der Waals surface area (Å²) in [5, 5.41) is 11.8. The molecule has 0 bridgehead atoms. The minimum Gasteiger partial charge on any atom is -0.507 e. The van der Waals surface area contributed by atoms with Gasteiger partial charge in [0.05, 0.1) is 55.3 Å². The number of phenols is 1. The van der Waals surface area contributed by atoms with E-state index in [1.807, 2.05) is 80.6 Å². The number of carbonyl (C=O) groups is 1. The van der Waals surface area contributed by atoms with Crippen molar-refractivity contribution in [2.45, 2.75) is 45.4 Å². The molecule has 3 atom stereocenters. The average molecular weight is 749 g/mol. The minimum absolute atomic E-state index is 0.0966. The van der Waals surface area contributed by atoms with Crippen LogP contribution in [0, 0.1) is 5.92 Å². The first-order valence-electron chi connectivity index (χ1n) is 18.1. The van der Waals surface area contributed by atoms with E-state index in [9.17, 15) is 5.11 Å². The number of methoxy groups -OCH3 is 7. The number of benzene rings is 4. The van der Waals surface area contributed by atoms with Crippen LogP contribution in [-0.4, -0.2) is 60.7 Å². The Morgan fingerprint density at radius 2 is 1.31 bits per heavy atom. The van der Waals surface area contributed by atoms with Gasteiger partial charge in [-0.05, 0) is 87.2 Å². The van der Waals surface area contributed by atoms with Gasteiger partial charge in [0, 0.05) is 46.6 Å². The highest BCUT2D eigenvalue weighted by atomic mass is 16.5. The number of carbonyl (C=O) groups excluding carboxylic acids is 1. The molecular weight excluding hydrogens is 696 g/mol. The topological polar surface area (TPSA) is 102 Å². The van der Waals surface area contributed by atoms with E-state index in [1.165, 1.54) is 0 Å². The van der Waals surface area contributed by atoms with Crippen LogP contribution in [0.1, 0.15) is 77.2 Å². The third-order valence-electron chi connectivity index (χ3n) is 10.2. The molecule has 1 unspecified atom stereocenters. The van der Waals surface area contributed by atoms with Crippen LogP contribution in [0.15, 0.2) is 84.0 Å². The van der Waals surface area contributed by atoms with Crippen molar-refractivity contribution in [3.8, 4) is 46.0 Å². The summed E-state index contributed by atoms with van der Waals surface area (Å²) in [6.45, 7) is 6.05. The van der Waals surface area contributed by atoms with Gasteiger partial charge in [0.1, 0.15) is 46.0 Å².